The zero-order valence-corrected chi connectivity index (χ0v) is 12.7. The Hall–Kier alpha value is -2.61. The maximum atomic E-state index is 12.7. The van der Waals surface area contributed by atoms with Crippen LogP contribution in [0.5, 0.6) is 0 Å². The van der Waals surface area contributed by atoms with Crippen LogP contribution in [-0.2, 0) is 11.8 Å². The summed E-state index contributed by atoms with van der Waals surface area (Å²) in [5.41, 5.74) is 2.59. The maximum absolute atomic E-state index is 12.7. The summed E-state index contributed by atoms with van der Waals surface area (Å²) in [5.74, 6) is 0.481. The number of rotatable bonds is 4. The molecule has 1 heterocycles. The Balaban J connectivity index is 1.74. The number of nitrogens with zero attached hydrogens (tertiary/aromatic N) is 4. The van der Waals surface area contributed by atoms with Gasteiger partial charge in [-0.2, -0.15) is 10.4 Å². The van der Waals surface area contributed by atoms with Crippen molar-refractivity contribution in [2.45, 2.75) is 19.3 Å². The SMILES string of the molecule is CCN(C(=O)[C@@H]1C[C@@H]1c1cnn(C)c1)c1ccc(C#N)cc1. The predicted molar refractivity (Wildman–Crippen MR) is 83.2 cm³/mol. The molecule has 1 amide bonds. The fourth-order valence-corrected chi connectivity index (χ4v) is 2.85. The Labute approximate surface area is 129 Å². The van der Waals surface area contributed by atoms with Crippen LogP contribution in [-0.4, -0.2) is 22.2 Å². The zero-order valence-electron chi connectivity index (χ0n) is 12.7. The van der Waals surface area contributed by atoms with Crippen LogP contribution >= 0.6 is 0 Å². The van der Waals surface area contributed by atoms with Crippen molar-refractivity contribution >= 4 is 11.6 Å². The zero-order chi connectivity index (χ0) is 15.7. The first-order chi connectivity index (χ1) is 10.6. The molecule has 1 saturated carbocycles. The number of carbonyl (C=O) groups is 1. The van der Waals surface area contributed by atoms with Gasteiger partial charge < -0.3 is 4.90 Å². The topological polar surface area (TPSA) is 61.9 Å². The standard InChI is InChI=1S/C17H18N4O/c1-3-21(14-6-4-12(9-18)5-7-14)17(22)16-8-15(16)13-10-19-20(2)11-13/h4-7,10-11,15-16H,3,8H2,1-2H3/t15-,16-/m1/s1. The summed E-state index contributed by atoms with van der Waals surface area (Å²) in [6, 6.07) is 9.26. The molecule has 112 valence electrons. The molecule has 2 atom stereocenters. The Morgan fingerprint density at radius 2 is 2.18 bits per heavy atom. The molecule has 2 aromatic rings. The number of aromatic nitrogens is 2. The van der Waals surface area contributed by atoms with Crippen molar-refractivity contribution in [2.75, 3.05) is 11.4 Å². The fraction of sp³-hybridized carbons (Fsp3) is 0.353. The average molecular weight is 294 g/mol. The minimum Gasteiger partial charge on any atom is -0.312 e. The highest BCUT2D eigenvalue weighted by Gasteiger charge is 2.46. The van der Waals surface area contributed by atoms with E-state index in [9.17, 15) is 4.79 Å². The molecule has 1 aromatic carbocycles. The monoisotopic (exact) mass is 294 g/mol. The molecular weight excluding hydrogens is 276 g/mol. The number of hydrogen-bond acceptors (Lipinski definition) is 3. The summed E-state index contributed by atoms with van der Waals surface area (Å²) in [4.78, 5) is 14.5. The smallest absolute Gasteiger partial charge is 0.230 e. The quantitative estimate of drug-likeness (QED) is 0.870. The van der Waals surface area contributed by atoms with Crippen molar-refractivity contribution in [3.63, 3.8) is 0 Å². The van der Waals surface area contributed by atoms with Crippen LogP contribution in [0.15, 0.2) is 36.7 Å². The van der Waals surface area contributed by atoms with E-state index in [0.29, 0.717) is 12.1 Å². The largest absolute Gasteiger partial charge is 0.312 e. The van der Waals surface area contributed by atoms with Crippen LogP contribution in [0.25, 0.3) is 0 Å². The minimum atomic E-state index is 0.0415. The molecular formula is C17H18N4O. The van der Waals surface area contributed by atoms with Gasteiger partial charge in [-0.15, -0.1) is 0 Å². The molecule has 0 bridgehead atoms. The van der Waals surface area contributed by atoms with Gasteiger partial charge in [0, 0.05) is 31.4 Å². The van der Waals surface area contributed by atoms with Gasteiger partial charge in [0.25, 0.3) is 0 Å². The number of anilines is 1. The van der Waals surface area contributed by atoms with Crippen molar-refractivity contribution < 1.29 is 4.79 Å². The van der Waals surface area contributed by atoms with Gasteiger partial charge in [-0.05, 0) is 49.1 Å². The van der Waals surface area contributed by atoms with Gasteiger partial charge in [-0.25, -0.2) is 0 Å². The van der Waals surface area contributed by atoms with Crippen molar-refractivity contribution in [3.05, 3.63) is 47.8 Å². The highest BCUT2D eigenvalue weighted by Crippen LogP contribution is 2.48. The van der Waals surface area contributed by atoms with Crippen molar-refractivity contribution in [1.82, 2.24) is 9.78 Å². The second-order valence-electron chi connectivity index (χ2n) is 5.64. The summed E-state index contributed by atoms with van der Waals surface area (Å²) < 4.78 is 1.77. The van der Waals surface area contributed by atoms with E-state index in [1.54, 1.807) is 21.7 Å². The molecule has 0 saturated heterocycles. The Kier molecular flexibility index (Phi) is 3.68. The van der Waals surface area contributed by atoms with E-state index in [1.807, 2.05) is 38.5 Å². The van der Waals surface area contributed by atoms with Crippen LogP contribution in [0.2, 0.25) is 0 Å². The summed E-state index contributed by atoms with van der Waals surface area (Å²) in [6.07, 6.45) is 4.71. The molecule has 22 heavy (non-hydrogen) atoms. The molecule has 0 radical (unpaired) electrons. The van der Waals surface area contributed by atoms with E-state index in [4.69, 9.17) is 5.26 Å². The van der Waals surface area contributed by atoms with Gasteiger partial charge in [-0.3, -0.25) is 9.48 Å². The summed E-state index contributed by atoms with van der Waals surface area (Å²) >= 11 is 0. The van der Waals surface area contributed by atoms with E-state index in [1.165, 1.54) is 0 Å². The lowest BCUT2D eigenvalue weighted by atomic mass is 10.1. The third-order valence-electron chi connectivity index (χ3n) is 4.15. The Bertz CT molecular complexity index is 726. The third-order valence-corrected chi connectivity index (χ3v) is 4.15. The highest BCUT2D eigenvalue weighted by molar-refractivity contribution is 5.97. The Morgan fingerprint density at radius 3 is 2.73 bits per heavy atom. The minimum absolute atomic E-state index is 0.0415. The summed E-state index contributed by atoms with van der Waals surface area (Å²) in [7, 11) is 1.89. The number of benzene rings is 1. The molecule has 0 unspecified atom stereocenters. The van der Waals surface area contributed by atoms with E-state index in [2.05, 4.69) is 11.2 Å². The van der Waals surface area contributed by atoms with Gasteiger partial charge in [0.2, 0.25) is 5.91 Å². The van der Waals surface area contributed by atoms with Crippen LogP contribution in [0.1, 0.15) is 30.4 Å². The Morgan fingerprint density at radius 1 is 1.45 bits per heavy atom. The van der Waals surface area contributed by atoms with E-state index in [-0.39, 0.29) is 17.7 Å². The number of nitriles is 1. The molecule has 5 nitrogen and oxygen atoms in total. The summed E-state index contributed by atoms with van der Waals surface area (Å²) in [6.45, 7) is 2.60. The molecule has 1 aliphatic rings. The van der Waals surface area contributed by atoms with Crippen molar-refractivity contribution in [2.24, 2.45) is 13.0 Å². The lowest BCUT2D eigenvalue weighted by Gasteiger charge is -2.21. The number of hydrogen-bond donors (Lipinski definition) is 0. The molecule has 3 rings (SSSR count). The molecule has 1 aromatic heterocycles. The second-order valence-corrected chi connectivity index (χ2v) is 5.64. The van der Waals surface area contributed by atoms with Gasteiger partial charge >= 0.3 is 0 Å². The van der Waals surface area contributed by atoms with E-state index >= 15 is 0 Å². The molecule has 0 aliphatic heterocycles. The van der Waals surface area contributed by atoms with E-state index in [0.717, 1.165) is 17.7 Å². The lowest BCUT2D eigenvalue weighted by molar-refractivity contribution is -0.119. The molecule has 0 spiro atoms. The third kappa shape index (κ3) is 2.60. The van der Waals surface area contributed by atoms with Crippen LogP contribution < -0.4 is 4.90 Å². The van der Waals surface area contributed by atoms with Crippen molar-refractivity contribution in [1.29, 1.82) is 5.26 Å². The first kappa shape index (κ1) is 14.3. The normalized spacial score (nSPS) is 19.5. The molecule has 0 N–H and O–H groups in total. The van der Waals surface area contributed by atoms with Gasteiger partial charge in [-0.1, -0.05) is 0 Å². The number of carbonyl (C=O) groups excluding carboxylic acids is 1. The van der Waals surface area contributed by atoms with Gasteiger partial charge in [0.05, 0.1) is 17.8 Å². The van der Waals surface area contributed by atoms with Gasteiger partial charge in [0.15, 0.2) is 0 Å². The van der Waals surface area contributed by atoms with Crippen molar-refractivity contribution in [3.8, 4) is 6.07 Å². The number of aryl methyl sites for hydroxylation is 1. The van der Waals surface area contributed by atoms with E-state index < -0.39 is 0 Å². The number of amides is 1. The van der Waals surface area contributed by atoms with Crippen LogP contribution in [0.3, 0.4) is 0 Å². The van der Waals surface area contributed by atoms with Crippen LogP contribution in [0, 0.1) is 17.2 Å². The first-order valence-corrected chi connectivity index (χ1v) is 7.44. The average Bonchev–Trinajstić information content (AvgIpc) is 3.23. The molecule has 5 heteroatoms. The maximum Gasteiger partial charge on any atom is 0.230 e. The second kappa shape index (κ2) is 5.64. The molecule has 1 fully saturated rings. The highest BCUT2D eigenvalue weighted by atomic mass is 16.2. The van der Waals surface area contributed by atoms with Crippen LogP contribution in [0.4, 0.5) is 5.69 Å². The molecule has 1 aliphatic carbocycles. The lowest BCUT2D eigenvalue weighted by Crippen LogP contribution is -2.32. The summed E-state index contributed by atoms with van der Waals surface area (Å²) in [5, 5.41) is 13.0. The first-order valence-electron chi connectivity index (χ1n) is 7.44. The fourth-order valence-electron chi connectivity index (χ4n) is 2.85. The van der Waals surface area contributed by atoms with Gasteiger partial charge in [0.1, 0.15) is 0 Å². The predicted octanol–water partition coefficient (Wildman–Crippen LogP) is 2.45.